The number of esters is 3. The van der Waals surface area contributed by atoms with Gasteiger partial charge in [0.15, 0.2) is 12.2 Å². The van der Waals surface area contributed by atoms with Crippen LogP contribution in [-0.4, -0.2) is 89.4 Å². The van der Waals surface area contributed by atoms with Crippen LogP contribution in [0.1, 0.15) is 108 Å². The molecule has 0 aliphatic heterocycles. The van der Waals surface area contributed by atoms with Gasteiger partial charge >= 0.3 is 24.0 Å². The van der Waals surface area contributed by atoms with Gasteiger partial charge in [-0.3, -0.25) is 9.69 Å². The van der Waals surface area contributed by atoms with Gasteiger partial charge in [-0.25, -0.2) is 23.6 Å². The fourth-order valence-electron chi connectivity index (χ4n) is 5.18. The van der Waals surface area contributed by atoms with E-state index in [2.05, 4.69) is 0 Å². The number of rotatable bonds is 16. The van der Waals surface area contributed by atoms with E-state index < -0.39 is 82.7 Å². The molecule has 51 heavy (non-hydrogen) atoms. The molecular formula is C39H61FN2O9. The van der Waals surface area contributed by atoms with Crippen LogP contribution in [0.2, 0.25) is 0 Å². The van der Waals surface area contributed by atoms with E-state index in [0.29, 0.717) is 0 Å². The molecule has 1 rings (SSSR count). The minimum atomic E-state index is -1.90. The van der Waals surface area contributed by atoms with Gasteiger partial charge in [0.05, 0.1) is 0 Å². The molecule has 0 heterocycles. The molecule has 0 saturated carbocycles. The topological polar surface area (TPSA) is 129 Å². The first-order valence-corrected chi connectivity index (χ1v) is 17.3. The lowest BCUT2D eigenvalue weighted by Crippen LogP contribution is -2.53. The van der Waals surface area contributed by atoms with Crippen molar-refractivity contribution in [2.75, 3.05) is 14.1 Å². The number of amides is 2. The van der Waals surface area contributed by atoms with Crippen LogP contribution in [0.15, 0.2) is 42.5 Å². The molecule has 0 radical (unpaired) electrons. The van der Waals surface area contributed by atoms with Crippen molar-refractivity contribution in [2.24, 2.45) is 10.8 Å². The van der Waals surface area contributed by atoms with E-state index in [4.69, 9.17) is 18.9 Å². The number of allylic oxidation sites excluding steroid dienone is 2. The number of benzene rings is 1. The molecule has 0 N–H and O–H groups in total. The number of halogens is 1. The van der Waals surface area contributed by atoms with E-state index in [9.17, 15) is 24.0 Å². The second-order valence-electron chi connectivity index (χ2n) is 16.6. The quantitative estimate of drug-likeness (QED) is 0.0989. The molecule has 0 spiro atoms. The van der Waals surface area contributed by atoms with E-state index in [0.717, 1.165) is 15.4 Å². The van der Waals surface area contributed by atoms with Gasteiger partial charge in [0.2, 0.25) is 0 Å². The van der Waals surface area contributed by atoms with Crippen LogP contribution in [0.4, 0.5) is 9.18 Å². The minimum Gasteiger partial charge on any atom is -0.458 e. The average molecular weight is 721 g/mol. The fourth-order valence-corrected chi connectivity index (χ4v) is 5.18. The van der Waals surface area contributed by atoms with Crippen LogP contribution in [0, 0.1) is 10.8 Å². The summed E-state index contributed by atoms with van der Waals surface area (Å²) in [5, 5.41) is 0. The van der Waals surface area contributed by atoms with Crippen molar-refractivity contribution in [1.82, 2.24) is 9.80 Å². The summed E-state index contributed by atoms with van der Waals surface area (Å²) < 4.78 is 37.2. The summed E-state index contributed by atoms with van der Waals surface area (Å²) in [5.74, 6) is -3.33. The summed E-state index contributed by atoms with van der Waals surface area (Å²) in [5.41, 5.74) is -3.19. The van der Waals surface area contributed by atoms with Crippen molar-refractivity contribution >= 4 is 29.9 Å². The number of ether oxygens (including phenoxy) is 4. The van der Waals surface area contributed by atoms with Crippen molar-refractivity contribution in [3.8, 4) is 0 Å². The predicted molar refractivity (Wildman–Crippen MR) is 193 cm³/mol. The van der Waals surface area contributed by atoms with Crippen molar-refractivity contribution in [3.05, 3.63) is 48.0 Å². The molecule has 12 heteroatoms. The molecule has 2 amide bonds. The van der Waals surface area contributed by atoms with Crippen LogP contribution in [0.3, 0.4) is 0 Å². The highest BCUT2D eigenvalue weighted by Crippen LogP contribution is 2.30. The van der Waals surface area contributed by atoms with Crippen LogP contribution in [-0.2, 0) is 44.7 Å². The maximum Gasteiger partial charge on any atom is 0.410 e. The Morgan fingerprint density at radius 3 is 1.78 bits per heavy atom. The number of hydrogen-bond donors (Lipinski definition) is 0. The summed E-state index contributed by atoms with van der Waals surface area (Å²) in [4.78, 5) is 69.7. The molecular weight excluding hydrogens is 659 g/mol. The summed E-state index contributed by atoms with van der Waals surface area (Å²) in [6.45, 7) is 20.0. The fraction of sp³-hybridized carbons (Fsp3) is 0.667. The Morgan fingerprint density at radius 1 is 0.765 bits per heavy atom. The van der Waals surface area contributed by atoms with Gasteiger partial charge in [0, 0.05) is 26.9 Å². The first-order chi connectivity index (χ1) is 23.2. The predicted octanol–water partition coefficient (Wildman–Crippen LogP) is 7.20. The zero-order valence-corrected chi connectivity index (χ0v) is 33.1. The van der Waals surface area contributed by atoms with Crippen molar-refractivity contribution in [3.63, 3.8) is 0 Å². The lowest BCUT2D eigenvalue weighted by Gasteiger charge is -2.36. The largest absolute Gasteiger partial charge is 0.458 e. The van der Waals surface area contributed by atoms with Gasteiger partial charge in [-0.2, -0.15) is 0 Å². The Labute approximate surface area is 304 Å². The van der Waals surface area contributed by atoms with Crippen molar-refractivity contribution in [1.29, 1.82) is 0 Å². The molecule has 0 saturated heterocycles. The van der Waals surface area contributed by atoms with Gasteiger partial charge in [0.1, 0.15) is 30.0 Å². The zero-order valence-electron chi connectivity index (χ0n) is 33.1. The molecule has 288 valence electrons. The number of likely N-dealkylation sites (N-methyl/N-ethyl adjacent to an activating group) is 2. The number of carbonyl (C=O) groups is 5. The number of alkyl halides is 1. The summed E-state index contributed by atoms with van der Waals surface area (Å²) in [6.07, 6.45) is -0.250. The lowest BCUT2D eigenvalue weighted by molar-refractivity contribution is -0.175. The standard InChI is InChI=1S/C39H61FN2O9/c1-15-21-38(9,10)24-30(50-34(46)29(23-39(11,12)40)42(14)35(47)51-37(6,7)8)31(43)41(13)28(22-36(3,4)5)33(45)49-26(2)32(44)48-25-27-19-17-16-18-20-27/h15-21,26,28-30H,22-25H2,1-14H3/b21-15-/t26-,28+,29+,30-/m1/s1. The highest BCUT2D eigenvalue weighted by Gasteiger charge is 2.42. The molecule has 4 atom stereocenters. The number of carbonyl (C=O) groups excluding carboxylic acids is 5. The third-order valence-corrected chi connectivity index (χ3v) is 7.70. The number of hydrogen-bond acceptors (Lipinski definition) is 9. The maximum absolute atomic E-state index is 15.0. The van der Waals surface area contributed by atoms with E-state index in [1.165, 1.54) is 34.9 Å². The van der Waals surface area contributed by atoms with Gasteiger partial charge < -0.3 is 23.8 Å². The van der Waals surface area contributed by atoms with Crippen LogP contribution in [0.5, 0.6) is 0 Å². The van der Waals surface area contributed by atoms with E-state index >= 15 is 4.39 Å². The normalized spacial score (nSPS) is 14.9. The molecule has 1 aromatic carbocycles. The Balaban J connectivity index is 3.45. The average Bonchev–Trinajstić information content (AvgIpc) is 2.98. The second kappa shape index (κ2) is 18.5. The maximum atomic E-state index is 15.0. The van der Waals surface area contributed by atoms with Gasteiger partial charge in [-0.1, -0.05) is 77.1 Å². The van der Waals surface area contributed by atoms with Gasteiger partial charge in [-0.15, -0.1) is 0 Å². The first kappa shape index (κ1) is 45.1. The first-order valence-electron chi connectivity index (χ1n) is 17.3. The molecule has 0 aliphatic carbocycles. The molecule has 0 fully saturated rings. The van der Waals surface area contributed by atoms with Crippen LogP contribution in [0.25, 0.3) is 0 Å². The molecule has 0 unspecified atom stereocenters. The van der Waals surface area contributed by atoms with Crippen molar-refractivity contribution in [2.45, 2.75) is 145 Å². The Bertz CT molecular complexity index is 1360. The summed E-state index contributed by atoms with van der Waals surface area (Å²) in [6, 6.07) is 6.41. The van der Waals surface area contributed by atoms with Gasteiger partial charge in [-0.05, 0) is 71.3 Å². The Kier molecular flexibility index (Phi) is 16.4. The van der Waals surface area contributed by atoms with Gasteiger partial charge in [0.25, 0.3) is 5.91 Å². The summed E-state index contributed by atoms with van der Waals surface area (Å²) in [7, 11) is 2.71. The van der Waals surface area contributed by atoms with Crippen LogP contribution < -0.4 is 0 Å². The summed E-state index contributed by atoms with van der Waals surface area (Å²) >= 11 is 0. The van der Waals surface area contributed by atoms with E-state index in [1.54, 1.807) is 39.0 Å². The smallest absolute Gasteiger partial charge is 0.410 e. The second-order valence-corrected chi connectivity index (χ2v) is 16.6. The Morgan fingerprint density at radius 2 is 1.29 bits per heavy atom. The van der Waals surface area contributed by atoms with Crippen molar-refractivity contribution < 1.29 is 47.3 Å². The highest BCUT2D eigenvalue weighted by molar-refractivity contribution is 5.90. The highest BCUT2D eigenvalue weighted by atomic mass is 19.1. The zero-order chi connectivity index (χ0) is 39.5. The molecule has 11 nitrogen and oxygen atoms in total. The third kappa shape index (κ3) is 16.7. The third-order valence-electron chi connectivity index (χ3n) is 7.70. The monoisotopic (exact) mass is 720 g/mol. The molecule has 1 aromatic rings. The molecule has 0 aromatic heterocycles. The van der Waals surface area contributed by atoms with Crippen LogP contribution >= 0.6 is 0 Å². The van der Waals surface area contributed by atoms with E-state index in [1.807, 2.05) is 65.8 Å². The van der Waals surface area contributed by atoms with E-state index in [-0.39, 0.29) is 19.4 Å². The number of nitrogens with zero attached hydrogens (tertiary/aromatic N) is 2. The molecule has 0 bridgehead atoms. The Hall–Kier alpha value is -3.96. The SMILES string of the molecule is C/C=C\C(C)(C)C[C@@H](OC(=O)[C@H](CC(C)(C)F)N(C)C(=O)OC(C)(C)C)C(=O)N(C)[C@@H](CC(C)(C)C)C(=O)O[C@H](C)C(=O)OCc1ccccc1. The molecule has 0 aliphatic rings. The lowest BCUT2D eigenvalue weighted by atomic mass is 9.85. The minimum absolute atomic E-state index is 0.00631.